The van der Waals surface area contributed by atoms with Crippen molar-refractivity contribution < 1.29 is 9.53 Å². The van der Waals surface area contributed by atoms with Crippen molar-refractivity contribution in [1.82, 2.24) is 25.1 Å². The van der Waals surface area contributed by atoms with Gasteiger partial charge < -0.3 is 10.1 Å². The third-order valence-electron chi connectivity index (χ3n) is 3.99. The van der Waals surface area contributed by atoms with Gasteiger partial charge in [0.25, 0.3) is 0 Å². The number of carbonyl (C=O) groups is 1. The Labute approximate surface area is 179 Å². The molecule has 0 saturated heterocycles. The number of nitrogens with one attached hydrogen (secondary N) is 1. The third kappa shape index (κ3) is 7.01. The Morgan fingerprint density at radius 1 is 1.17 bits per heavy atom. The first-order valence-electron chi connectivity index (χ1n) is 9.75. The molecule has 3 aromatic rings. The van der Waals surface area contributed by atoms with E-state index in [1.54, 1.807) is 23.1 Å². The number of carbonyl (C=O) groups excluding carboxylic acids is 1. The van der Waals surface area contributed by atoms with Gasteiger partial charge in [0.05, 0.1) is 0 Å². The van der Waals surface area contributed by atoms with E-state index in [1.807, 2.05) is 31.4 Å². The highest BCUT2D eigenvalue weighted by Crippen LogP contribution is 2.27. The van der Waals surface area contributed by atoms with E-state index in [9.17, 15) is 4.79 Å². The van der Waals surface area contributed by atoms with Crippen molar-refractivity contribution in [2.24, 2.45) is 0 Å². The van der Waals surface area contributed by atoms with Crippen LogP contribution in [0.2, 0.25) is 0 Å². The molecule has 0 bridgehead atoms. The number of alkyl carbamates (subject to hydrolysis) is 1. The summed E-state index contributed by atoms with van der Waals surface area (Å²) in [5.41, 5.74) is 0.818. The summed E-state index contributed by atoms with van der Waals surface area (Å²) in [5, 5.41) is 16.0. The fourth-order valence-corrected chi connectivity index (χ4v) is 4.51. The van der Waals surface area contributed by atoms with Crippen molar-refractivity contribution >= 4 is 34.2 Å². The van der Waals surface area contributed by atoms with Gasteiger partial charge >= 0.3 is 6.09 Å². The Morgan fingerprint density at radius 3 is 2.72 bits per heavy atom. The van der Waals surface area contributed by atoms with Gasteiger partial charge in [-0.3, -0.25) is 0 Å². The van der Waals surface area contributed by atoms with Gasteiger partial charge in [-0.2, -0.15) is 4.52 Å². The summed E-state index contributed by atoms with van der Waals surface area (Å²) in [7, 11) is 0. The molecular formula is C20H27N5O2S2. The molecule has 0 atom stereocenters. The van der Waals surface area contributed by atoms with Gasteiger partial charge in [-0.15, -0.1) is 15.3 Å². The molecular weight excluding hydrogens is 406 g/mol. The predicted octanol–water partition coefficient (Wildman–Crippen LogP) is 4.72. The van der Waals surface area contributed by atoms with Crippen LogP contribution >= 0.6 is 23.1 Å². The van der Waals surface area contributed by atoms with Gasteiger partial charge in [0.1, 0.15) is 5.60 Å². The Hall–Kier alpha value is -2.13. The van der Waals surface area contributed by atoms with E-state index in [1.165, 1.54) is 5.56 Å². The van der Waals surface area contributed by atoms with Gasteiger partial charge in [-0.25, -0.2) is 4.79 Å². The molecule has 0 saturated carbocycles. The van der Waals surface area contributed by atoms with Gasteiger partial charge in [0.15, 0.2) is 10.2 Å². The highest BCUT2D eigenvalue weighted by molar-refractivity contribution is 8.00. The average molecular weight is 434 g/mol. The molecule has 0 aliphatic heterocycles. The van der Waals surface area contributed by atoms with Crippen molar-refractivity contribution in [2.75, 3.05) is 6.54 Å². The number of benzene rings is 1. The molecule has 2 heterocycles. The molecule has 156 valence electrons. The standard InChI is InChI=1S/C20H27N5O2S2/c1-20(2,3)27-18(26)21-13-9-5-8-12-16-22-23-17-25(16)24-19(29-17)28-14-15-10-6-4-7-11-15/h4,6-7,10-11H,5,8-9,12-14H2,1-3H3,(H,21,26). The summed E-state index contributed by atoms with van der Waals surface area (Å²) in [6.45, 7) is 6.18. The Balaban J connectivity index is 1.39. The lowest BCUT2D eigenvalue weighted by Gasteiger charge is -2.19. The zero-order chi connectivity index (χ0) is 20.7. The van der Waals surface area contributed by atoms with E-state index in [0.717, 1.165) is 46.6 Å². The molecule has 0 fully saturated rings. The lowest BCUT2D eigenvalue weighted by atomic mass is 10.2. The second-order valence-electron chi connectivity index (χ2n) is 7.69. The summed E-state index contributed by atoms with van der Waals surface area (Å²) in [5.74, 6) is 1.79. The number of hydrogen-bond donors (Lipinski definition) is 1. The van der Waals surface area contributed by atoms with Crippen LogP contribution in [-0.2, 0) is 16.9 Å². The van der Waals surface area contributed by atoms with Gasteiger partial charge in [-0.1, -0.05) is 59.9 Å². The molecule has 1 amide bonds. The van der Waals surface area contributed by atoms with Crippen LogP contribution in [0, 0.1) is 0 Å². The second kappa shape index (κ2) is 10.1. The average Bonchev–Trinajstić information content (AvgIpc) is 3.23. The number of amides is 1. The number of fused-ring (bicyclic) bond motifs is 1. The van der Waals surface area contributed by atoms with E-state index in [-0.39, 0.29) is 6.09 Å². The largest absolute Gasteiger partial charge is 0.444 e. The molecule has 0 unspecified atom stereocenters. The van der Waals surface area contributed by atoms with Gasteiger partial charge in [-0.05, 0) is 39.2 Å². The fraction of sp³-hybridized carbons (Fsp3) is 0.500. The van der Waals surface area contributed by atoms with Crippen LogP contribution in [-0.4, -0.2) is 38.1 Å². The number of aromatic nitrogens is 4. The Kier molecular flexibility index (Phi) is 7.49. The molecule has 0 aliphatic rings. The predicted molar refractivity (Wildman–Crippen MR) is 116 cm³/mol. The van der Waals surface area contributed by atoms with E-state index in [2.05, 4.69) is 44.9 Å². The molecule has 1 N–H and O–H groups in total. The number of unbranched alkanes of at least 4 members (excludes halogenated alkanes) is 2. The van der Waals surface area contributed by atoms with Crippen LogP contribution in [0.4, 0.5) is 4.79 Å². The van der Waals surface area contributed by atoms with Crippen molar-refractivity contribution in [3.8, 4) is 0 Å². The summed E-state index contributed by atoms with van der Waals surface area (Å²) >= 11 is 3.29. The zero-order valence-electron chi connectivity index (χ0n) is 17.1. The summed E-state index contributed by atoms with van der Waals surface area (Å²) in [4.78, 5) is 12.4. The van der Waals surface area contributed by atoms with Crippen LogP contribution in [0.3, 0.4) is 0 Å². The van der Waals surface area contributed by atoms with E-state index in [0.29, 0.717) is 6.54 Å². The quantitative estimate of drug-likeness (QED) is 0.389. The minimum atomic E-state index is -0.463. The van der Waals surface area contributed by atoms with Crippen LogP contribution in [0.15, 0.2) is 34.7 Å². The Bertz CT molecular complexity index is 918. The van der Waals surface area contributed by atoms with E-state index >= 15 is 0 Å². The molecule has 0 radical (unpaired) electrons. The van der Waals surface area contributed by atoms with Crippen LogP contribution in [0.1, 0.15) is 51.4 Å². The molecule has 1 aromatic carbocycles. The molecule has 0 spiro atoms. The fourth-order valence-electron chi connectivity index (χ4n) is 2.66. The van der Waals surface area contributed by atoms with Gasteiger partial charge in [0, 0.05) is 18.7 Å². The first-order valence-corrected chi connectivity index (χ1v) is 11.6. The SMILES string of the molecule is CC(C)(C)OC(=O)NCCCCCc1nnc2sc(SCc3ccccc3)nn12. The minimum Gasteiger partial charge on any atom is -0.444 e. The highest BCUT2D eigenvalue weighted by atomic mass is 32.2. The normalized spacial score (nSPS) is 11.7. The zero-order valence-corrected chi connectivity index (χ0v) is 18.7. The van der Waals surface area contributed by atoms with E-state index in [4.69, 9.17) is 4.74 Å². The maximum atomic E-state index is 11.6. The number of ether oxygens (including phenoxy) is 1. The van der Waals surface area contributed by atoms with Crippen LogP contribution in [0.25, 0.3) is 4.96 Å². The Morgan fingerprint density at radius 2 is 1.97 bits per heavy atom. The molecule has 7 nitrogen and oxygen atoms in total. The number of rotatable bonds is 9. The molecule has 9 heteroatoms. The van der Waals surface area contributed by atoms with Crippen molar-refractivity contribution in [3.05, 3.63) is 41.7 Å². The smallest absolute Gasteiger partial charge is 0.407 e. The minimum absolute atomic E-state index is 0.361. The maximum Gasteiger partial charge on any atom is 0.407 e. The lowest BCUT2D eigenvalue weighted by molar-refractivity contribution is 0.0527. The van der Waals surface area contributed by atoms with Crippen LogP contribution in [0.5, 0.6) is 0 Å². The van der Waals surface area contributed by atoms with Crippen LogP contribution < -0.4 is 5.32 Å². The first-order chi connectivity index (χ1) is 13.9. The number of hydrogen-bond acceptors (Lipinski definition) is 7. The summed E-state index contributed by atoms with van der Waals surface area (Å²) in [6, 6.07) is 10.4. The van der Waals surface area contributed by atoms with E-state index < -0.39 is 5.60 Å². The van der Waals surface area contributed by atoms with Crippen molar-refractivity contribution in [1.29, 1.82) is 0 Å². The molecule has 0 aliphatic carbocycles. The highest BCUT2D eigenvalue weighted by Gasteiger charge is 2.15. The third-order valence-corrected chi connectivity index (χ3v) is 6.09. The summed E-state index contributed by atoms with van der Waals surface area (Å²) < 4.78 is 8.08. The van der Waals surface area contributed by atoms with Crippen molar-refractivity contribution in [2.45, 2.75) is 62.1 Å². The number of nitrogens with zero attached hydrogens (tertiary/aromatic N) is 4. The number of thioether (sulfide) groups is 1. The number of aryl methyl sites for hydroxylation is 1. The topological polar surface area (TPSA) is 81.4 Å². The molecule has 2 aromatic heterocycles. The second-order valence-corrected chi connectivity index (χ2v) is 9.87. The summed E-state index contributed by atoms with van der Waals surface area (Å²) in [6.07, 6.45) is 3.32. The molecule has 29 heavy (non-hydrogen) atoms. The lowest BCUT2D eigenvalue weighted by Crippen LogP contribution is -2.32. The van der Waals surface area contributed by atoms with Gasteiger partial charge in [0.2, 0.25) is 4.96 Å². The van der Waals surface area contributed by atoms with Crippen molar-refractivity contribution in [3.63, 3.8) is 0 Å². The maximum absolute atomic E-state index is 11.6. The monoisotopic (exact) mass is 433 g/mol. The first kappa shape index (κ1) is 21.6. The molecule has 3 rings (SSSR count).